The highest BCUT2D eigenvalue weighted by Gasteiger charge is 2.52. The van der Waals surface area contributed by atoms with Gasteiger partial charge in [0.1, 0.15) is 5.54 Å². The number of amides is 4. The first-order chi connectivity index (χ1) is 14.4. The molecule has 1 aromatic rings. The minimum Gasteiger partial charge on any atom is -0.455 e. The van der Waals surface area contributed by atoms with Gasteiger partial charge in [-0.2, -0.15) is 5.01 Å². The zero-order valence-electron chi connectivity index (χ0n) is 17.5. The number of benzene rings is 1. The number of hydrogen-bond donors (Lipinski definition) is 2. The van der Waals surface area contributed by atoms with Crippen molar-refractivity contribution in [3.63, 3.8) is 0 Å². The summed E-state index contributed by atoms with van der Waals surface area (Å²) >= 11 is 0. The third-order valence-electron chi connectivity index (χ3n) is 6.08. The smallest absolute Gasteiger partial charge is 0.344 e. The Labute approximate surface area is 176 Å². The normalized spacial score (nSPS) is 19.9. The van der Waals surface area contributed by atoms with E-state index in [0.29, 0.717) is 17.9 Å². The second-order valence-corrected chi connectivity index (χ2v) is 8.13. The molecule has 2 fully saturated rings. The van der Waals surface area contributed by atoms with Crippen LogP contribution in [-0.2, 0) is 19.1 Å². The molecule has 0 radical (unpaired) electrons. The molecule has 1 aliphatic heterocycles. The number of hydrazine groups is 1. The van der Waals surface area contributed by atoms with Crippen molar-refractivity contribution in [1.29, 1.82) is 0 Å². The molecule has 162 valence electrons. The molecule has 2 N–H and O–H groups in total. The molecule has 1 heterocycles. The molecule has 1 aliphatic carbocycles. The maximum absolute atomic E-state index is 12.7. The third kappa shape index (κ3) is 4.47. The molecule has 8 heteroatoms. The zero-order valence-corrected chi connectivity index (χ0v) is 17.5. The van der Waals surface area contributed by atoms with Crippen molar-refractivity contribution in [2.24, 2.45) is 5.92 Å². The highest BCUT2D eigenvalue weighted by atomic mass is 16.5. The van der Waals surface area contributed by atoms with Crippen LogP contribution in [0.1, 0.15) is 63.9 Å². The SMILES string of the molecule is CC[C@H](C)[C@@H](C(=O)OCC(=O)NN1C(=O)NC2(CCCCC2)C1=O)c1ccccc1. The van der Waals surface area contributed by atoms with E-state index in [4.69, 9.17) is 4.74 Å². The van der Waals surface area contributed by atoms with Crippen LogP contribution in [0.3, 0.4) is 0 Å². The van der Waals surface area contributed by atoms with Crippen molar-refractivity contribution in [3.05, 3.63) is 35.9 Å². The van der Waals surface area contributed by atoms with Gasteiger partial charge in [0.15, 0.2) is 6.61 Å². The fourth-order valence-electron chi connectivity index (χ4n) is 4.19. The number of esters is 1. The molecule has 3 rings (SSSR count). The van der Waals surface area contributed by atoms with Crippen LogP contribution < -0.4 is 10.7 Å². The van der Waals surface area contributed by atoms with E-state index in [-0.39, 0.29) is 5.92 Å². The number of ether oxygens (including phenoxy) is 1. The molecule has 0 bridgehead atoms. The fourth-order valence-corrected chi connectivity index (χ4v) is 4.19. The van der Waals surface area contributed by atoms with Crippen LogP contribution >= 0.6 is 0 Å². The van der Waals surface area contributed by atoms with E-state index in [2.05, 4.69) is 10.7 Å². The van der Waals surface area contributed by atoms with E-state index in [1.807, 2.05) is 44.2 Å². The lowest BCUT2D eigenvalue weighted by atomic mass is 9.82. The van der Waals surface area contributed by atoms with Gasteiger partial charge in [-0.3, -0.25) is 19.8 Å². The van der Waals surface area contributed by atoms with Gasteiger partial charge in [0, 0.05) is 0 Å². The summed E-state index contributed by atoms with van der Waals surface area (Å²) in [5.41, 5.74) is 2.19. The average molecular weight is 415 g/mol. The van der Waals surface area contributed by atoms with Gasteiger partial charge in [-0.15, -0.1) is 0 Å². The summed E-state index contributed by atoms with van der Waals surface area (Å²) < 4.78 is 5.24. The Kier molecular flexibility index (Phi) is 6.74. The summed E-state index contributed by atoms with van der Waals surface area (Å²) in [4.78, 5) is 49.9. The van der Waals surface area contributed by atoms with Crippen molar-refractivity contribution in [3.8, 4) is 0 Å². The molecule has 0 unspecified atom stereocenters. The van der Waals surface area contributed by atoms with Crippen LogP contribution in [0.15, 0.2) is 30.3 Å². The van der Waals surface area contributed by atoms with Crippen molar-refractivity contribution in [2.75, 3.05) is 6.61 Å². The first-order valence-corrected chi connectivity index (χ1v) is 10.6. The monoisotopic (exact) mass is 415 g/mol. The van der Waals surface area contributed by atoms with Gasteiger partial charge in [-0.05, 0) is 24.3 Å². The number of rotatable bonds is 7. The molecule has 8 nitrogen and oxygen atoms in total. The Morgan fingerprint density at radius 3 is 2.47 bits per heavy atom. The summed E-state index contributed by atoms with van der Waals surface area (Å²) in [7, 11) is 0. The average Bonchev–Trinajstić information content (AvgIpc) is 2.97. The van der Waals surface area contributed by atoms with Gasteiger partial charge >= 0.3 is 12.0 Å². The number of imide groups is 1. The molecule has 2 atom stereocenters. The molecular formula is C22H29N3O5. The first kappa shape index (κ1) is 21.8. The van der Waals surface area contributed by atoms with E-state index < -0.39 is 41.9 Å². The van der Waals surface area contributed by atoms with Crippen molar-refractivity contribution in [2.45, 2.75) is 63.8 Å². The van der Waals surface area contributed by atoms with Gasteiger partial charge in [0.25, 0.3) is 11.8 Å². The van der Waals surface area contributed by atoms with E-state index in [1.54, 1.807) is 0 Å². The largest absolute Gasteiger partial charge is 0.455 e. The summed E-state index contributed by atoms with van der Waals surface area (Å²) in [6.45, 7) is 3.37. The Morgan fingerprint density at radius 1 is 1.17 bits per heavy atom. The molecule has 0 aromatic heterocycles. The number of nitrogens with zero attached hydrogens (tertiary/aromatic N) is 1. The quantitative estimate of drug-likeness (QED) is 0.526. The van der Waals surface area contributed by atoms with E-state index in [1.165, 1.54) is 0 Å². The van der Waals surface area contributed by atoms with Crippen LogP contribution in [0, 0.1) is 5.92 Å². The van der Waals surface area contributed by atoms with Gasteiger partial charge in [0.05, 0.1) is 5.92 Å². The molecule has 2 aliphatic rings. The topological polar surface area (TPSA) is 105 Å². The minimum absolute atomic E-state index is 0.0278. The number of carbonyl (C=O) groups excluding carboxylic acids is 4. The van der Waals surface area contributed by atoms with Gasteiger partial charge in [0.2, 0.25) is 0 Å². The van der Waals surface area contributed by atoms with Crippen molar-refractivity contribution in [1.82, 2.24) is 15.8 Å². The second kappa shape index (κ2) is 9.28. The van der Waals surface area contributed by atoms with E-state index in [9.17, 15) is 19.2 Å². The van der Waals surface area contributed by atoms with Crippen LogP contribution in [-0.4, -0.2) is 41.0 Å². The predicted octanol–water partition coefficient (Wildman–Crippen LogP) is 2.65. The number of hydrogen-bond acceptors (Lipinski definition) is 5. The van der Waals surface area contributed by atoms with E-state index >= 15 is 0 Å². The van der Waals surface area contributed by atoms with Crippen LogP contribution in [0.5, 0.6) is 0 Å². The molecule has 1 saturated heterocycles. The zero-order chi connectivity index (χ0) is 21.7. The molecule has 1 saturated carbocycles. The molecule has 1 spiro atoms. The summed E-state index contributed by atoms with van der Waals surface area (Å²) in [6.07, 6.45) is 4.61. The van der Waals surface area contributed by atoms with E-state index in [0.717, 1.165) is 31.2 Å². The second-order valence-electron chi connectivity index (χ2n) is 8.13. The Hall–Kier alpha value is -2.90. The molecule has 4 amide bonds. The third-order valence-corrected chi connectivity index (χ3v) is 6.08. The van der Waals surface area contributed by atoms with Crippen LogP contribution in [0.25, 0.3) is 0 Å². The Morgan fingerprint density at radius 2 is 1.83 bits per heavy atom. The summed E-state index contributed by atoms with van der Waals surface area (Å²) in [5, 5.41) is 3.43. The maximum atomic E-state index is 12.7. The lowest BCUT2D eigenvalue weighted by molar-refractivity contribution is -0.153. The number of nitrogens with one attached hydrogen (secondary N) is 2. The fraction of sp³-hybridized carbons (Fsp3) is 0.545. The van der Waals surface area contributed by atoms with Gasteiger partial charge < -0.3 is 10.1 Å². The standard InChI is InChI=1S/C22H29N3O5/c1-3-15(2)18(16-10-6-4-7-11-16)19(27)30-14-17(26)24-25-20(28)22(23-21(25)29)12-8-5-9-13-22/h4,6-7,10-11,15,18H,3,5,8-9,12-14H2,1-2H3,(H,23,29)(H,24,26)/t15-,18+/m0/s1. The highest BCUT2D eigenvalue weighted by molar-refractivity contribution is 6.08. The molecule has 1 aromatic carbocycles. The lowest BCUT2D eigenvalue weighted by Gasteiger charge is -2.30. The Balaban J connectivity index is 1.59. The van der Waals surface area contributed by atoms with Crippen LogP contribution in [0.4, 0.5) is 4.79 Å². The first-order valence-electron chi connectivity index (χ1n) is 10.6. The number of urea groups is 1. The highest BCUT2D eigenvalue weighted by Crippen LogP contribution is 2.33. The maximum Gasteiger partial charge on any atom is 0.344 e. The van der Waals surface area contributed by atoms with Gasteiger partial charge in [-0.1, -0.05) is 69.9 Å². The Bertz CT molecular complexity index is 804. The van der Waals surface area contributed by atoms with Crippen LogP contribution in [0.2, 0.25) is 0 Å². The number of carbonyl (C=O) groups is 4. The predicted molar refractivity (Wildman–Crippen MR) is 109 cm³/mol. The van der Waals surface area contributed by atoms with Crippen molar-refractivity contribution < 1.29 is 23.9 Å². The van der Waals surface area contributed by atoms with Crippen molar-refractivity contribution >= 4 is 23.8 Å². The lowest BCUT2D eigenvalue weighted by Crippen LogP contribution is -2.51. The van der Waals surface area contributed by atoms with Gasteiger partial charge in [-0.25, -0.2) is 4.79 Å². The summed E-state index contributed by atoms with van der Waals surface area (Å²) in [6, 6.07) is 8.63. The minimum atomic E-state index is -0.922. The summed E-state index contributed by atoms with van der Waals surface area (Å²) in [5.74, 6) is -2.15. The molecular weight excluding hydrogens is 386 g/mol. The molecule has 30 heavy (non-hydrogen) atoms.